The molecule has 0 fully saturated rings. The highest BCUT2D eigenvalue weighted by molar-refractivity contribution is 7.18. The van der Waals surface area contributed by atoms with Gasteiger partial charge in [-0.2, -0.15) is 0 Å². The van der Waals surface area contributed by atoms with Gasteiger partial charge in [-0.05, 0) is 92.5 Å². The molecule has 5 rings (SSSR count). The van der Waals surface area contributed by atoms with Gasteiger partial charge in [-0.1, -0.05) is 18.6 Å². The molecule has 4 aromatic rings. The van der Waals surface area contributed by atoms with Crippen molar-refractivity contribution in [1.29, 1.82) is 0 Å². The highest BCUT2D eigenvalue weighted by Gasteiger charge is 2.24. The van der Waals surface area contributed by atoms with Crippen LogP contribution in [0, 0.1) is 13.8 Å². The van der Waals surface area contributed by atoms with E-state index in [4.69, 9.17) is 9.47 Å². The molecule has 40 heavy (non-hydrogen) atoms. The Labute approximate surface area is 237 Å². The number of benzene rings is 2. The zero-order valence-electron chi connectivity index (χ0n) is 23.5. The van der Waals surface area contributed by atoms with E-state index in [0.29, 0.717) is 40.4 Å². The predicted octanol–water partition coefficient (Wildman–Crippen LogP) is 4.48. The molecule has 0 radical (unpaired) electrons. The van der Waals surface area contributed by atoms with E-state index in [1.54, 1.807) is 20.3 Å². The van der Waals surface area contributed by atoms with Gasteiger partial charge in [0.05, 0.1) is 25.3 Å². The van der Waals surface area contributed by atoms with Gasteiger partial charge in [-0.25, -0.2) is 9.36 Å². The molecule has 210 valence electrons. The number of ether oxygens (including phenoxy) is 2. The summed E-state index contributed by atoms with van der Waals surface area (Å²) in [5.74, 6) is 0.996. The summed E-state index contributed by atoms with van der Waals surface area (Å²) in [4.78, 5) is 42.7. The Hall–Kier alpha value is -3.85. The third-order valence-electron chi connectivity index (χ3n) is 7.72. The average molecular weight is 562 g/mol. The Morgan fingerprint density at radius 1 is 0.950 bits per heavy atom. The van der Waals surface area contributed by atoms with E-state index < -0.39 is 5.69 Å². The molecule has 8 nitrogen and oxygen atoms in total. The van der Waals surface area contributed by atoms with Crippen molar-refractivity contribution in [3.05, 3.63) is 84.4 Å². The molecule has 1 amide bonds. The molecular formula is C31H35N3O5S. The van der Waals surface area contributed by atoms with Crippen molar-refractivity contribution in [3.8, 4) is 17.2 Å². The molecule has 1 aliphatic carbocycles. The van der Waals surface area contributed by atoms with Gasteiger partial charge in [-0.15, -0.1) is 11.3 Å². The van der Waals surface area contributed by atoms with E-state index >= 15 is 0 Å². The Morgan fingerprint density at radius 2 is 1.73 bits per heavy atom. The summed E-state index contributed by atoms with van der Waals surface area (Å²) in [5.41, 5.74) is 3.84. The fourth-order valence-electron chi connectivity index (χ4n) is 5.36. The SMILES string of the molecule is COc1ccc(CCNC(=O)Cn2c(=O)n(-c3ccc(C)c(C)c3)c(=O)c3c4c(sc32)CCCCC4)cc1OC. The summed E-state index contributed by atoms with van der Waals surface area (Å²) in [7, 11) is 3.18. The fourth-order valence-corrected chi connectivity index (χ4v) is 6.73. The zero-order valence-corrected chi connectivity index (χ0v) is 24.3. The third kappa shape index (κ3) is 5.30. The number of nitrogens with one attached hydrogen (secondary N) is 1. The Morgan fingerprint density at radius 3 is 2.48 bits per heavy atom. The van der Waals surface area contributed by atoms with Gasteiger partial charge >= 0.3 is 5.69 Å². The molecule has 2 aromatic heterocycles. The van der Waals surface area contributed by atoms with Crippen molar-refractivity contribution >= 4 is 27.5 Å². The first kappa shape index (κ1) is 27.7. The van der Waals surface area contributed by atoms with Crippen LogP contribution in [0.25, 0.3) is 15.9 Å². The van der Waals surface area contributed by atoms with Crippen LogP contribution in [-0.4, -0.2) is 35.8 Å². The monoisotopic (exact) mass is 561 g/mol. The van der Waals surface area contributed by atoms with Crippen LogP contribution in [0.3, 0.4) is 0 Å². The van der Waals surface area contributed by atoms with Gasteiger partial charge in [0.15, 0.2) is 11.5 Å². The molecule has 0 saturated carbocycles. The predicted molar refractivity (Wildman–Crippen MR) is 159 cm³/mol. The van der Waals surface area contributed by atoms with Crippen molar-refractivity contribution in [2.45, 2.75) is 58.9 Å². The maximum atomic E-state index is 13.9. The molecule has 0 bridgehead atoms. The van der Waals surface area contributed by atoms with Crippen molar-refractivity contribution in [2.75, 3.05) is 20.8 Å². The van der Waals surface area contributed by atoms with E-state index in [9.17, 15) is 14.4 Å². The molecule has 1 N–H and O–H groups in total. The van der Waals surface area contributed by atoms with Gasteiger partial charge in [-0.3, -0.25) is 14.2 Å². The van der Waals surface area contributed by atoms with Crippen LogP contribution < -0.4 is 26.0 Å². The second-order valence-corrected chi connectivity index (χ2v) is 11.4. The van der Waals surface area contributed by atoms with Crippen molar-refractivity contribution in [2.24, 2.45) is 0 Å². The number of nitrogens with zero attached hydrogens (tertiary/aromatic N) is 2. The molecule has 0 spiro atoms. The number of rotatable bonds is 8. The van der Waals surface area contributed by atoms with Crippen LogP contribution in [0.1, 0.15) is 46.4 Å². The average Bonchev–Trinajstić information content (AvgIpc) is 3.15. The molecule has 0 saturated heterocycles. The zero-order chi connectivity index (χ0) is 28.4. The summed E-state index contributed by atoms with van der Waals surface area (Å²) < 4.78 is 13.4. The number of methoxy groups -OCH3 is 2. The lowest BCUT2D eigenvalue weighted by molar-refractivity contribution is -0.121. The second-order valence-electron chi connectivity index (χ2n) is 10.3. The normalized spacial score (nSPS) is 13.1. The van der Waals surface area contributed by atoms with Gasteiger partial charge in [0.25, 0.3) is 5.56 Å². The topological polar surface area (TPSA) is 91.6 Å². The Balaban J connectivity index is 1.48. The quantitative estimate of drug-likeness (QED) is 0.321. The number of aromatic nitrogens is 2. The lowest BCUT2D eigenvalue weighted by atomic mass is 10.1. The molecule has 9 heteroatoms. The van der Waals surface area contributed by atoms with Crippen LogP contribution in [0.5, 0.6) is 11.5 Å². The maximum Gasteiger partial charge on any atom is 0.337 e. The number of thiophene rings is 1. The standard InChI is InChI=1S/C31H35N3O5S/c1-19-10-12-22(16-20(19)2)34-29(36)28-23-8-6-5-7-9-26(23)40-30(28)33(31(34)37)18-27(35)32-15-14-21-11-13-24(38-3)25(17-21)39-4/h10-13,16-17H,5-9,14-15,18H2,1-4H3,(H,32,35). The summed E-state index contributed by atoms with van der Waals surface area (Å²) in [6, 6.07) is 11.2. The molecule has 1 aliphatic rings. The van der Waals surface area contributed by atoms with Crippen molar-refractivity contribution in [3.63, 3.8) is 0 Å². The number of amides is 1. The third-order valence-corrected chi connectivity index (χ3v) is 9.04. The minimum atomic E-state index is -0.493. The van der Waals surface area contributed by atoms with Crippen LogP contribution in [0.15, 0.2) is 46.0 Å². The minimum Gasteiger partial charge on any atom is -0.493 e. The molecule has 2 aromatic carbocycles. The largest absolute Gasteiger partial charge is 0.493 e. The van der Waals surface area contributed by atoms with Gasteiger partial charge in [0.1, 0.15) is 11.4 Å². The first-order valence-electron chi connectivity index (χ1n) is 13.7. The van der Waals surface area contributed by atoms with E-state index in [1.807, 2.05) is 44.2 Å². The van der Waals surface area contributed by atoms with Crippen LogP contribution in [0.4, 0.5) is 0 Å². The molecule has 2 heterocycles. The lowest BCUT2D eigenvalue weighted by Crippen LogP contribution is -2.41. The number of hydrogen-bond donors (Lipinski definition) is 1. The van der Waals surface area contributed by atoms with Crippen LogP contribution >= 0.6 is 11.3 Å². The van der Waals surface area contributed by atoms with Gasteiger partial charge in [0, 0.05) is 11.4 Å². The lowest BCUT2D eigenvalue weighted by Gasteiger charge is -2.14. The molecular weight excluding hydrogens is 526 g/mol. The number of fused-ring (bicyclic) bond motifs is 3. The first-order valence-corrected chi connectivity index (χ1v) is 14.5. The fraction of sp³-hybridized carbons (Fsp3) is 0.387. The van der Waals surface area contributed by atoms with E-state index in [0.717, 1.165) is 59.2 Å². The van der Waals surface area contributed by atoms with E-state index in [1.165, 1.54) is 20.5 Å². The van der Waals surface area contributed by atoms with E-state index in [-0.39, 0.29) is 18.0 Å². The van der Waals surface area contributed by atoms with Gasteiger partial charge in [0.2, 0.25) is 5.91 Å². The minimum absolute atomic E-state index is 0.161. The Kier molecular flexibility index (Phi) is 8.12. The number of carbonyl (C=O) groups excluding carboxylic acids is 1. The summed E-state index contributed by atoms with van der Waals surface area (Å²) in [6.07, 6.45) is 5.49. The van der Waals surface area contributed by atoms with Gasteiger partial charge < -0.3 is 14.8 Å². The van der Waals surface area contributed by atoms with Crippen LogP contribution in [0.2, 0.25) is 0 Å². The van der Waals surface area contributed by atoms with Crippen molar-refractivity contribution < 1.29 is 14.3 Å². The molecule has 0 unspecified atom stereocenters. The smallest absolute Gasteiger partial charge is 0.337 e. The second kappa shape index (κ2) is 11.7. The molecule has 0 atom stereocenters. The number of aryl methyl sites for hydroxylation is 4. The van der Waals surface area contributed by atoms with E-state index in [2.05, 4.69) is 5.32 Å². The summed E-state index contributed by atoms with van der Waals surface area (Å²) >= 11 is 1.49. The first-order chi connectivity index (χ1) is 19.3. The number of carbonyl (C=O) groups is 1. The van der Waals surface area contributed by atoms with Crippen molar-refractivity contribution in [1.82, 2.24) is 14.5 Å². The number of hydrogen-bond acceptors (Lipinski definition) is 6. The highest BCUT2D eigenvalue weighted by atomic mass is 32.1. The maximum absolute atomic E-state index is 13.9. The summed E-state index contributed by atoms with van der Waals surface area (Å²) in [6.45, 7) is 4.19. The Bertz CT molecular complexity index is 1700. The molecule has 0 aliphatic heterocycles. The highest BCUT2D eigenvalue weighted by Crippen LogP contribution is 2.34. The van der Waals surface area contributed by atoms with Crippen LogP contribution in [-0.2, 0) is 30.6 Å². The summed E-state index contributed by atoms with van der Waals surface area (Å²) in [5, 5.41) is 3.53.